The van der Waals surface area contributed by atoms with E-state index >= 15 is 0 Å². The lowest BCUT2D eigenvalue weighted by Gasteiger charge is -2.40. The summed E-state index contributed by atoms with van der Waals surface area (Å²) < 4.78 is 21.3. The van der Waals surface area contributed by atoms with Gasteiger partial charge in [-0.1, -0.05) is 0 Å². The smallest absolute Gasteiger partial charge is 0.223 e. The molecule has 0 saturated carbocycles. The molecule has 0 unspecified atom stereocenters. The fraction of sp³-hybridized carbons (Fsp3) is 0.560. The maximum Gasteiger partial charge on any atom is 0.223 e. The van der Waals surface area contributed by atoms with E-state index in [1.165, 1.54) is 12.1 Å². The summed E-state index contributed by atoms with van der Waals surface area (Å²) in [5.41, 5.74) is 1.02. The Morgan fingerprint density at radius 2 is 1.74 bits per heavy atom. The van der Waals surface area contributed by atoms with E-state index in [9.17, 15) is 14.0 Å². The first-order chi connectivity index (χ1) is 16.4. The number of aromatic nitrogens is 2. The number of piperidine rings is 1. The minimum Gasteiger partial charge on any atom is -0.490 e. The largest absolute Gasteiger partial charge is 0.490 e. The Balaban J connectivity index is 1.40. The molecular weight excluding hydrogens is 437 g/mol. The molecule has 0 radical (unpaired) electrons. The number of nitrogens with zero attached hydrogens (tertiary/aromatic N) is 5. The Labute approximate surface area is 200 Å². The van der Waals surface area contributed by atoms with Gasteiger partial charge in [0.25, 0.3) is 0 Å². The molecule has 2 fully saturated rings. The van der Waals surface area contributed by atoms with Crippen LogP contribution in [-0.2, 0) is 23.1 Å². The SMILES string of the molecule is CN1CCN(C(=O)C[C@H]2CN(C(=O)CCc3ccnn3C)CC[C@@H]2Oc2ccc(F)cc2)CC1. The van der Waals surface area contributed by atoms with Gasteiger partial charge in [0.1, 0.15) is 17.7 Å². The maximum absolute atomic E-state index is 13.3. The van der Waals surface area contributed by atoms with Crippen LogP contribution in [0.2, 0.25) is 0 Å². The van der Waals surface area contributed by atoms with Crippen LogP contribution in [0, 0.1) is 11.7 Å². The van der Waals surface area contributed by atoms with Crippen molar-refractivity contribution in [3.05, 3.63) is 48.0 Å². The highest BCUT2D eigenvalue weighted by Crippen LogP contribution is 2.27. The third-order valence-electron chi connectivity index (χ3n) is 6.93. The zero-order chi connectivity index (χ0) is 24.1. The summed E-state index contributed by atoms with van der Waals surface area (Å²) in [4.78, 5) is 32.1. The highest BCUT2D eigenvalue weighted by atomic mass is 19.1. The summed E-state index contributed by atoms with van der Waals surface area (Å²) in [6, 6.07) is 7.89. The molecule has 0 bridgehead atoms. The van der Waals surface area contributed by atoms with E-state index in [1.807, 2.05) is 22.9 Å². The molecule has 0 spiro atoms. The molecule has 4 rings (SSSR count). The fourth-order valence-corrected chi connectivity index (χ4v) is 4.73. The van der Waals surface area contributed by atoms with Crippen molar-refractivity contribution in [1.29, 1.82) is 0 Å². The molecule has 8 nitrogen and oxygen atoms in total. The number of likely N-dealkylation sites (N-methyl/N-ethyl adjacent to an activating group) is 1. The van der Waals surface area contributed by atoms with E-state index in [0.717, 1.165) is 31.9 Å². The number of likely N-dealkylation sites (tertiary alicyclic amines) is 1. The minimum absolute atomic E-state index is 0.0819. The van der Waals surface area contributed by atoms with Crippen LogP contribution < -0.4 is 4.74 Å². The molecule has 2 aliphatic rings. The van der Waals surface area contributed by atoms with E-state index in [2.05, 4.69) is 17.0 Å². The van der Waals surface area contributed by atoms with Crippen molar-refractivity contribution in [3.8, 4) is 5.75 Å². The van der Waals surface area contributed by atoms with Crippen LogP contribution in [0.25, 0.3) is 0 Å². The number of hydrogen-bond donors (Lipinski definition) is 0. The Kier molecular flexibility index (Phi) is 7.82. The third-order valence-corrected chi connectivity index (χ3v) is 6.93. The summed E-state index contributed by atoms with van der Waals surface area (Å²) in [5.74, 6) is 0.336. The highest BCUT2D eigenvalue weighted by Gasteiger charge is 2.35. The van der Waals surface area contributed by atoms with Crippen molar-refractivity contribution in [1.82, 2.24) is 24.5 Å². The number of benzene rings is 1. The fourth-order valence-electron chi connectivity index (χ4n) is 4.73. The van der Waals surface area contributed by atoms with Gasteiger partial charge >= 0.3 is 0 Å². The van der Waals surface area contributed by atoms with Gasteiger partial charge in [-0.25, -0.2) is 4.39 Å². The van der Waals surface area contributed by atoms with Crippen LogP contribution >= 0.6 is 0 Å². The topological polar surface area (TPSA) is 70.9 Å². The van der Waals surface area contributed by atoms with Crippen LogP contribution in [0.5, 0.6) is 5.75 Å². The molecule has 184 valence electrons. The summed E-state index contributed by atoms with van der Waals surface area (Å²) in [6.07, 6.45) is 3.53. The predicted molar refractivity (Wildman–Crippen MR) is 126 cm³/mol. The summed E-state index contributed by atoms with van der Waals surface area (Å²) >= 11 is 0. The van der Waals surface area contributed by atoms with E-state index < -0.39 is 0 Å². The quantitative estimate of drug-likeness (QED) is 0.618. The molecule has 2 amide bonds. The number of ether oxygens (including phenoxy) is 1. The van der Waals surface area contributed by atoms with E-state index in [0.29, 0.717) is 44.5 Å². The summed E-state index contributed by atoms with van der Waals surface area (Å²) in [5, 5.41) is 4.16. The molecule has 1 aromatic carbocycles. The minimum atomic E-state index is -0.317. The second kappa shape index (κ2) is 11.0. The molecular formula is C25H34FN5O3. The highest BCUT2D eigenvalue weighted by molar-refractivity contribution is 5.78. The van der Waals surface area contributed by atoms with Gasteiger partial charge in [-0.05, 0) is 43.8 Å². The Hall–Kier alpha value is -2.94. The summed E-state index contributed by atoms with van der Waals surface area (Å²) in [6.45, 7) is 4.23. The van der Waals surface area contributed by atoms with Crippen molar-refractivity contribution in [2.45, 2.75) is 31.8 Å². The first-order valence-corrected chi connectivity index (χ1v) is 12.0. The second-order valence-corrected chi connectivity index (χ2v) is 9.33. The summed E-state index contributed by atoms with van der Waals surface area (Å²) in [7, 11) is 3.93. The average molecular weight is 472 g/mol. The molecule has 34 heavy (non-hydrogen) atoms. The molecule has 0 N–H and O–H groups in total. The van der Waals surface area contributed by atoms with Gasteiger partial charge < -0.3 is 19.4 Å². The second-order valence-electron chi connectivity index (χ2n) is 9.33. The number of amides is 2. The van der Waals surface area contributed by atoms with Gasteiger partial charge in [0.15, 0.2) is 0 Å². The first-order valence-electron chi connectivity index (χ1n) is 12.0. The molecule has 1 aromatic heterocycles. The van der Waals surface area contributed by atoms with Crippen molar-refractivity contribution in [2.75, 3.05) is 46.3 Å². The van der Waals surface area contributed by atoms with Gasteiger partial charge in [0.05, 0.1) is 0 Å². The van der Waals surface area contributed by atoms with Gasteiger partial charge in [0.2, 0.25) is 11.8 Å². The van der Waals surface area contributed by atoms with Crippen molar-refractivity contribution < 1.29 is 18.7 Å². The lowest BCUT2D eigenvalue weighted by atomic mass is 9.90. The lowest BCUT2D eigenvalue weighted by molar-refractivity contribution is -0.140. The average Bonchev–Trinajstić information content (AvgIpc) is 3.25. The number of aryl methyl sites for hydroxylation is 2. The monoisotopic (exact) mass is 471 g/mol. The van der Waals surface area contributed by atoms with Gasteiger partial charge in [-0.3, -0.25) is 14.3 Å². The van der Waals surface area contributed by atoms with E-state index in [-0.39, 0.29) is 29.7 Å². The molecule has 2 saturated heterocycles. The molecule has 0 aliphatic carbocycles. The molecule has 9 heteroatoms. The Bertz CT molecular complexity index is 971. The number of piperazine rings is 1. The van der Waals surface area contributed by atoms with Crippen LogP contribution in [0.15, 0.2) is 36.5 Å². The first kappa shape index (κ1) is 24.2. The van der Waals surface area contributed by atoms with Gasteiger partial charge in [0, 0.05) is 83.4 Å². The number of carbonyl (C=O) groups excluding carboxylic acids is 2. The van der Waals surface area contributed by atoms with Crippen LogP contribution in [0.3, 0.4) is 0 Å². The van der Waals surface area contributed by atoms with E-state index in [1.54, 1.807) is 23.0 Å². The Morgan fingerprint density at radius 3 is 2.41 bits per heavy atom. The van der Waals surface area contributed by atoms with Gasteiger partial charge in [-0.15, -0.1) is 0 Å². The van der Waals surface area contributed by atoms with Crippen LogP contribution in [0.4, 0.5) is 4.39 Å². The zero-order valence-electron chi connectivity index (χ0n) is 20.0. The molecule has 3 heterocycles. The van der Waals surface area contributed by atoms with Gasteiger partial charge in [-0.2, -0.15) is 5.10 Å². The van der Waals surface area contributed by atoms with Crippen LogP contribution in [0.1, 0.15) is 25.0 Å². The van der Waals surface area contributed by atoms with Crippen molar-refractivity contribution >= 4 is 11.8 Å². The lowest BCUT2D eigenvalue weighted by Crippen LogP contribution is -2.51. The number of hydrogen-bond acceptors (Lipinski definition) is 5. The Morgan fingerprint density at radius 1 is 1.00 bits per heavy atom. The molecule has 2 aromatic rings. The van der Waals surface area contributed by atoms with Crippen molar-refractivity contribution in [2.24, 2.45) is 13.0 Å². The predicted octanol–water partition coefficient (Wildman–Crippen LogP) is 1.95. The zero-order valence-corrected chi connectivity index (χ0v) is 20.0. The van der Waals surface area contributed by atoms with E-state index in [4.69, 9.17) is 4.74 Å². The maximum atomic E-state index is 13.3. The normalized spacial score (nSPS) is 21.5. The third kappa shape index (κ3) is 6.14. The number of carbonyl (C=O) groups is 2. The molecule has 2 atom stereocenters. The van der Waals surface area contributed by atoms with Crippen molar-refractivity contribution in [3.63, 3.8) is 0 Å². The standard InChI is InChI=1S/C25H34FN5O3/c1-28-13-15-30(16-14-28)25(33)17-19-18-31(24(32)8-5-21-9-11-27-29(21)2)12-10-23(19)34-22-6-3-20(26)4-7-22/h3-4,6-7,9,11,19,23H,5,8,10,12-18H2,1-2H3/t19-,23-/m0/s1. The number of halogens is 1. The number of rotatable bonds is 7. The molecule has 2 aliphatic heterocycles. The van der Waals surface area contributed by atoms with Crippen LogP contribution in [-0.4, -0.2) is 88.7 Å².